The zero-order chi connectivity index (χ0) is 38.6. The molecule has 4 heterocycles. The van der Waals surface area contributed by atoms with Crippen LogP contribution in [0.25, 0.3) is 127 Å². The predicted molar refractivity (Wildman–Crippen MR) is 240 cm³/mol. The molecule has 0 N–H and O–H groups in total. The van der Waals surface area contributed by atoms with Gasteiger partial charge in [0.1, 0.15) is 22.3 Å². The van der Waals surface area contributed by atoms with E-state index in [2.05, 4.69) is 126 Å². The Labute approximate surface area is 336 Å². The standard InChI is InChI=1S/C53H30N4O2/c1-2-12-31(13-3-1)51-54-52(56-53(55-51)40-19-10-18-39-38-17-7-9-22-45(38)59-50(39)40)35-24-26-36-34(28-35)25-27-47-48(36)49-43(21-11-23-46(49)58-47)57-42-20-8-6-16-37(42)41-29-32-14-4-5-15-33(32)30-44(41)57/h1-30H. The van der Waals surface area contributed by atoms with E-state index in [4.69, 9.17) is 23.8 Å². The molecule has 0 spiro atoms. The second-order valence-electron chi connectivity index (χ2n) is 15.1. The third-order valence-electron chi connectivity index (χ3n) is 11.8. The van der Waals surface area contributed by atoms with E-state index >= 15 is 0 Å². The minimum Gasteiger partial charge on any atom is -0.456 e. The van der Waals surface area contributed by atoms with Crippen molar-refractivity contribution in [3.8, 4) is 39.9 Å². The van der Waals surface area contributed by atoms with Crippen molar-refractivity contribution >= 4 is 87.2 Å². The number of benzene rings is 9. The molecule has 6 heteroatoms. The molecule has 6 nitrogen and oxygen atoms in total. The highest BCUT2D eigenvalue weighted by molar-refractivity contribution is 6.23. The van der Waals surface area contributed by atoms with Gasteiger partial charge >= 0.3 is 0 Å². The Kier molecular flexibility index (Phi) is 6.63. The molecule has 13 aromatic rings. The van der Waals surface area contributed by atoms with Crippen LogP contribution >= 0.6 is 0 Å². The lowest BCUT2D eigenvalue weighted by molar-refractivity contribution is 0.669. The Bertz CT molecular complexity index is 3860. The maximum Gasteiger partial charge on any atom is 0.167 e. The van der Waals surface area contributed by atoms with Gasteiger partial charge in [0.15, 0.2) is 17.5 Å². The van der Waals surface area contributed by atoms with E-state index < -0.39 is 0 Å². The van der Waals surface area contributed by atoms with Crippen LogP contribution in [0.2, 0.25) is 0 Å². The number of fused-ring (bicyclic) bond motifs is 12. The van der Waals surface area contributed by atoms with Gasteiger partial charge in [-0.2, -0.15) is 0 Å². The van der Waals surface area contributed by atoms with E-state index in [0.717, 1.165) is 88.1 Å². The summed E-state index contributed by atoms with van der Waals surface area (Å²) in [5, 5.41) is 11.3. The van der Waals surface area contributed by atoms with Crippen LogP contribution in [0.1, 0.15) is 0 Å². The van der Waals surface area contributed by atoms with Crippen LogP contribution in [0, 0.1) is 0 Å². The number of hydrogen-bond acceptors (Lipinski definition) is 5. The molecule has 59 heavy (non-hydrogen) atoms. The van der Waals surface area contributed by atoms with E-state index in [0.29, 0.717) is 17.5 Å². The Morgan fingerprint density at radius 1 is 0.356 bits per heavy atom. The van der Waals surface area contributed by atoms with Gasteiger partial charge in [0.05, 0.1) is 27.7 Å². The highest BCUT2D eigenvalue weighted by Crippen LogP contribution is 2.43. The molecule has 0 saturated heterocycles. The lowest BCUT2D eigenvalue weighted by atomic mass is 10.0. The lowest BCUT2D eigenvalue weighted by Gasteiger charge is -2.11. The number of nitrogens with zero attached hydrogens (tertiary/aromatic N) is 4. The Hall–Kier alpha value is -8.09. The normalized spacial score (nSPS) is 12.1. The zero-order valence-corrected chi connectivity index (χ0v) is 31.4. The van der Waals surface area contributed by atoms with E-state index in [9.17, 15) is 0 Å². The maximum absolute atomic E-state index is 6.64. The quantitative estimate of drug-likeness (QED) is 0.179. The summed E-state index contributed by atoms with van der Waals surface area (Å²) in [6.45, 7) is 0. The van der Waals surface area contributed by atoms with Gasteiger partial charge in [-0.15, -0.1) is 0 Å². The first-order valence-electron chi connectivity index (χ1n) is 19.8. The fraction of sp³-hybridized carbons (Fsp3) is 0. The molecule has 0 radical (unpaired) electrons. The topological polar surface area (TPSA) is 69.9 Å². The van der Waals surface area contributed by atoms with Crippen molar-refractivity contribution in [2.45, 2.75) is 0 Å². The van der Waals surface area contributed by atoms with Gasteiger partial charge in [0, 0.05) is 38.1 Å². The molecule has 13 rings (SSSR count). The summed E-state index contributed by atoms with van der Waals surface area (Å²) in [5.41, 5.74) is 9.27. The largest absolute Gasteiger partial charge is 0.456 e. The summed E-state index contributed by atoms with van der Waals surface area (Å²) in [4.78, 5) is 15.3. The molecule has 0 aliphatic rings. The van der Waals surface area contributed by atoms with Crippen LogP contribution in [-0.2, 0) is 0 Å². The highest BCUT2D eigenvalue weighted by Gasteiger charge is 2.21. The molecule has 0 unspecified atom stereocenters. The van der Waals surface area contributed by atoms with Crippen molar-refractivity contribution in [3.05, 3.63) is 182 Å². The molecule has 0 bridgehead atoms. The summed E-state index contributed by atoms with van der Waals surface area (Å²) in [6.07, 6.45) is 0. The average Bonchev–Trinajstić information content (AvgIpc) is 3.98. The fourth-order valence-corrected chi connectivity index (χ4v) is 9.13. The molecule has 274 valence electrons. The summed E-state index contributed by atoms with van der Waals surface area (Å²) in [5.74, 6) is 1.73. The summed E-state index contributed by atoms with van der Waals surface area (Å²) < 4.78 is 15.5. The predicted octanol–water partition coefficient (Wildman–Crippen LogP) is 14.1. The van der Waals surface area contributed by atoms with Gasteiger partial charge in [-0.05, 0) is 76.1 Å². The molecule has 0 atom stereocenters. The summed E-state index contributed by atoms with van der Waals surface area (Å²) >= 11 is 0. The molecule has 0 amide bonds. The third kappa shape index (κ3) is 4.77. The van der Waals surface area contributed by atoms with Gasteiger partial charge in [0.25, 0.3) is 0 Å². The van der Waals surface area contributed by atoms with Gasteiger partial charge in [-0.3, -0.25) is 0 Å². The van der Waals surface area contributed by atoms with Crippen LogP contribution in [0.5, 0.6) is 0 Å². The number of aromatic nitrogens is 4. The van der Waals surface area contributed by atoms with Crippen molar-refractivity contribution in [1.29, 1.82) is 0 Å². The Morgan fingerprint density at radius 2 is 1.05 bits per heavy atom. The van der Waals surface area contributed by atoms with Gasteiger partial charge < -0.3 is 13.4 Å². The first-order valence-corrected chi connectivity index (χ1v) is 19.8. The first-order chi connectivity index (χ1) is 29.2. The van der Waals surface area contributed by atoms with Crippen LogP contribution in [0.3, 0.4) is 0 Å². The minimum absolute atomic E-state index is 0.554. The monoisotopic (exact) mass is 754 g/mol. The van der Waals surface area contributed by atoms with Crippen molar-refractivity contribution in [1.82, 2.24) is 19.5 Å². The van der Waals surface area contributed by atoms with Gasteiger partial charge in [0.2, 0.25) is 0 Å². The van der Waals surface area contributed by atoms with Crippen molar-refractivity contribution in [2.24, 2.45) is 0 Å². The number of rotatable bonds is 4. The second-order valence-corrected chi connectivity index (χ2v) is 15.1. The Morgan fingerprint density at radius 3 is 1.95 bits per heavy atom. The Balaban J connectivity index is 1.03. The van der Waals surface area contributed by atoms with E-state index in [1.807, 2.05) is 60.7 Å². The number of hydrogen-bond donors (Lipinski definition) is 0. The average molecular weight is 755 g/mol. The van der Waals surface area contributed by atoms with Crippen molar-refractivity contribution in [3.63, 3.8) is 0 Å². The smallest absolute Gasteiger partial charge is 0.167 e. The van der Waals surface area contributed by atoms with Gasteiger partial charge in [-0.25, -0.2) is 15.0 Å². The molecular formula is C53H30N4O2. The molecule has 0 fully saturated rings. The van der Waals surface area contributed by atoms with Crippen LogP contribution in [0.4, 0.5) is 0 Å². The summed E-state index contributed by atoms with van der Waals surface area (Å²) in [6, 6.07) is 63.3. The zero-order valence-electron chi connectivity index (χ0n) is 31.4. The summed E-state index contributed by atoms with van der Waals surface area (Å²) in [7, 11) is 0. The minimum atomic E-state index is 0.554. The van der Waals surface area contributed by atoms with Crippen molar-refractivity contribution in [2.75, 3.05) is 0 Å². The number of para-hydroxylation sites is 3. The SMILES string of the molecule is c1ccc(-c2nc(-c3ccc4c(ccc5oc6cccc(-n7c8ccccc8c8cc9ccccc9cc87)c6c54)c3)nc(-c3cccc4c3oc3ccccc34)n2)cc1. The van der Waals surface area contributed by atoms with Gasteiger partial charge in [-0.1, -0.05) is 127 Å². The van der Waals surface area contributed by atoms with Crippen LogP contribution < -0.4 is 0 Å². The molecule has 0 saturated carbocycles. The van der Waals surface area contributed by atoms with E-state index in [-0.39, 0.29) is 0 Å². The molecule has 9 aromatic carbocycles. The van der Waals surface area contributed by atoms with E-state index in [1.165, 1.54) is 21.5 Å². The lowest BCUT2D eigenvalue weighted by Crippen LogP contribution is -2.00. The highest BCUT2D eigenvalue weighted by atomic mass is 16.3. The molecule has 0 aliphatic carbocycles. The van der Waals surface area contributed by atoms with Crippen LogP contribution in [-0.4, -0.2) is 19.5 Å². The fourth-order valence-electron chi connectivity index (χ4n) is 9.13. The van der Waals surface area contributed by atoms with Crippen LogP contribution in [0.15, 0.2) is 191 Å². The molecule has 4 aromatic heterocycles. The van der Waals surface area contributed by atoms with E-state index in [1.54, 1.807) is 0 Å². The molecular weight excluding hydrogens is 725 g/mol. The van der Waals surface area contributed by atoms with Crippen molar-refractivity contribution < 1.29 is 8.83 Å². The first kappa shape index (κ1) is 32.0. The second kappa shape index (κ2) is 12.2. The third-order valence-corrected chi connectivity index (χ3v) is 11.8. The maximum atomic E-state index is 6.64. The number of furan rings is 2. The molecule has 0 aliphatic heterocycles.